The Balaban J connectivity index is 1.31. The fraction of sp³-hybridized carbons (Fsp3) is 0.774. The highest BCUT2D eigenvalue weighted by Crippen LogP contribution is 2.75. The number of halogens is 1. The lowest BCUT2D eigenvalue weighted by molar-refractivity contribution is -0.142. The Morgan fingerprint density at radius 3 is 2.50 bits per heavy atom. The maximum atomic E-state index is 13.8. The van der Waals surface area contributed by atoms with Gasteiger partial charge in [-0.3, -0.25) is 14.4 Å². The number of amides is 1. The summed E-state index contributed by atoms with van der Waals surface area (Å²) in [6, 6.07) is 4.20. The van der Waals surface area contributed by atoms with Crippen LogP contribution in [-0.4, -0.2) is 35.0 Å². The van der Waals surface area contributed by atoms with Crippen LogP contribution in [0.5, 0.6) is 0 Å². The minimum Gasteiger partial charge on any atom is -0.348 e. The third-order valence-electron chi connectivity index (χ3n) is 11.7. The summed E-state index contributed by atoms with van der Waals surface area (Å²) in [7, 11) is -0.555. The van der Waals surface area contributed by atoms with Gasteiger partial charge in [0.1, 0.15) is 11.6 Å². The number of ketones is 2. The number of carbonyl (C=O) groups is 3. The molecular weight excluding hydrogens is 577 g/mol. The number of thiophene rings is 1. The first-order valence-corrected chi connectivity index (χ1v) is 18.0. The van der Waals surface area contributed by atoms with Gasteiger partial charge in [0.2, 0.25) is 5.91 Å². The van der Waals surface area contributed by atoms with Gasteiger partial charge in [0, 0.05) is 36.0 Å². The van der Waals surface area contributed by atoms with Crippen molar-refractivity contribution in [3.05, 3.63) is 20.8 Å². The molecule has 0 bridgehead atoms. The molecule has 4 nitrogen and oxygen atoms in total. The molecule has 7 heteroatoms. The van der Waals surface area contributed by atoms with E-state index in [4.69, 9.17) is 0 Å². The van der Waals surface area contributed by atoms with Crippen LogP contribution in [0.1, 0.15) is 97.4 Å². The van der Waals surface area contributed by atoms with Crippen LogP contribution in [-0.2, 0) is 14.4 Å². The fourth-order valence-electron chi connectivity index (χ4n) is 9.36. The van der Waals surface area contributed by atoms with E-state index < -0.39 is 7.92 Å². The first-order chi connectivity index (χ1) is 17.8. The first-order valence-electron chi connectivity index (χ1n) is 14.6. The highest BCUT2D eigenvalue weighted by Gasteiger charge is 2.68. The van der Waals surface area contributed by atoms with Crippen LogP contribution in [0, 0.1) is 40.4 Å². The lowest BCUT2D eigenvalue weighted by Gasteiger charge is -2.65. The lowest BCUT2D eigenvalue weighted by atomic mass is 9.47. The van der Waals surface area contributed by atoms with E-state index in [2.05, 4.69) is 74.9 Å². The van der Waals surface area contributed by atoms with Crippen molar-refractivity contribution in [3.8, 4) is 0 Å². The Kier molecular flexibility index (Phi) is 7.89. The summed E-state index contributed by atoms with van der Waals surface area (Å²) in [6.45, 7) is 13.9. The summed E-state index contributed by atoms with van der Waals surface area (Å²) < 4.78 is 1.09. The number of hydrogen-bond donors (Lipinski definition) is 1. The van der Waals surface area contributed by atoms with E-state index in [1.165, 1.54) is 4.88 Å². The predicted octanol–water partition coefficient (Wildman–Crippen LogP) is 7.99. The summed E-state index contributed by atoms with van der Waals surface area (Å²) in [5.74, 6) is 2.58. The maximum absolute atomic E-state index is 13.8. The molecule has 210 valence electrons. The predicted molar refractivity (Wildman–Crippen MR) is 161 cm³/mol. The Hall–Kier alpha value is -0.580. The monoisotopic (exact) mass is 621 g/mol. The smallest absolute Gasteiger partial charge is 0.220 e. The Morgan fingerprint density at radius 2 is 1.84 bits per heavy atom. The topological polar surface area (TPSA) is 63.2 Å². The third kappa shape index (κ3) is 4.61. The average molecular weight is 623 g/mol. The maximum Gasteiger partial charge on any atom is 0.220 e. The van der Waals surface area contributed by atoms with Crippen molar-refractivity contribution in [2.45, 2.75) is 97.7 Å². The Labute approximate surface area is 242 Å². The zero-order chi connectivity index (χ0) is 27.6. The van der Waals surface area contributed by atoms with Crippen LogP contribution in [0.25, 0.3) is 0 Å². The second-order valence-electron chi connectivity index (χ2n) is 13.9. The second-order valence-corrected chi connectivity index (χ2v) is 19.1. The van der Waals surface area contributed by atoms with Gasteiger partial charge in [0.05, 0.1) is 9.83 Å². The number of Topliss-reactive ketones (excluding diaryl/α,β-unsaturated/α-hetero) is 2. The van der Waals surface area contributed by atoms with Crippen molar-refractivity contribution >= 4 is 52.7 Å². The van der Waals surface area contributed by atoms with Gasteiger partial charge in [-0.25, -0.2) is 0 Å². The van der Waals surface area contributed by atoms with Gasteiger partial charge in [-0.1, -0.05) is 49.5 Å². The van der Waals surface area contributed by atoms with E-state index in [1.807, 2.05) is 0 Å². The van der Waals surface area contributed by atoms with Crippen LogP contribution < -0.4 is 5.32 Å². The van der Waals surface area contributed by atoms with Crippen molar-refractivity contribution in [2.24, 2.45) is 40.4 Å². The SMILES string of the molecule is CC(C)C(NC(=O)C[C@@H](C)C1CC[C@H]2C3C(=O)CP4CC(=O)CCC4(C)[C@@]3(C)CCC12C)c1ccc(Br)s1. The molecule has 0 radical (unpaired) electrons. The minimum atomic E-state index is -0.555. The Morgan fingerprint density at radius 1 is 1.11 bits per heavy atom. The third-order valence-corrected chi connectivity index (χ3v) is 17.0. The first kappa shape index (κ1) is 28.9. The highest BCUT2D eigenvalue weighted by molar-refractivity contribution is 9.11. The van der Waals surface area contributed by atoms with Crippen LogP contribution in [0.15, 0.2) is 15.9 Å². The largest absolute Gasteiger partial charge is 0.348 e. The molecule has 1 amide bonds. The van der Waals surface area contributed by atoms with Gasteiger partial charge in [-0.15, -0.1) is 11.3 Å². The average Bonchev–Trinajstić information content (AvgIpc) is 3.42. The minimum absolute atomic E-state index is 0.00782. The Bertz CT molecular complexity index is 1120. The number of hydrogen-bond acceptors (Lipinski definition) is 4. The molecule has 2 saturated carbocycles. The molecule has 6 unspecified atom stereocenters. The summed E-state index contributed by atoms with van der Waals surface area (Å²) >= 11 is 5.26. The van der Waals surface area contributed by atoms with E-state index in [0.29, 0.717) is 54.5 Å². The molecule has 0 aromatic carbocycles. The van der Waals surface area contributed by atoms with Gasteiger partial charge >= 0.3 is 0 Å². The number of fused-ring (bicyclic) bond motifs is 5. The van der Waals surface area contributed by atoms with Crippen molar-refractivity contribution < 1.29 is 14.4 Å². The van der Waals surface area contributed by atoms with Crippen molar-refractivity contribution in [1.82, 2.24) is 5.32 Å². The molecule has 3 heterocycles. The number of rotatable bonds is 6. The zero-order valence-electron chi connectivity index (χ0n) is 23.9. The van der Waals surface area contributed by atoms with Gasteiger partial charge in [-0.05, 0) is 99.8 Å². The quantitative estimate of drug-likeness (QED) is 0.327. The fourth-order valence-corrected chi connectivity index (χ4v) is 14.4. The van der Waals surface area contributed by atoms with Crippen LogP contribution in [0.2, 0.25) is 0 Å². The molecule has 1 aromatic heterocycles. The van der Waals surface area contributed by atoms with E-state index >= 15 is 0 Å². The second kappa shape index (κ2) is 10.4. The number of carbonyl (C=O) groups excluding carboxylic acids is 3. The van der Waals surface area contributed by atoms with E-state index in [0.717, 1.165) is 35.9 Å². The molecule has 4 fully saturated rings. The number of nitrogens with one attached hydrogen (secondary N) is 1. The van der Waals surface area contributed by atoms with Crippen LogP contribution >= 0.6 is 35.2 Å². The van der Waals surface area contributed by atoms with E-state index in [1.54, 1.807) is 11.3 Å². The summed E-state index contributed by atoms with van der Waals surface area (Å²) in [6.07, 6.45) is 7.97. The van der Waals surface area contributed by atoms with Gasteiger partial charge in [-0.2, -0.15) is 0 Å². The molecule has 2 saturated heterocycles. The molecule has 0 spiro atoms. The molecule has 9 atom stereocenters. The van der Waals surface area contributed by atoms with Gasteiger partial charge in [0.25, 0.3) is 0 Å². The van der Waals surface area contributed by atoms with Crippen LogP contribution in [0.4, 0.5) is 0 Å². The molecule has 2 aliphatic heterocycles. The molecule has 4 aliphatic rings. The highest BCUT2D eigenvalue weighted by atomic mass is 79.9. The normalized spacial score (nSPS) is 40.3. The summed E-state index contributed by atoms with van der Waals surface area (Å²) in [5, 5.41) is 3.50. The summed E-state index contributed by atoms with van der Waals surface area (Å²) in [5.41, 5.74) is 0.116. The van der Waals surface area contributed by atoms with Crippen molar-refractivity contribution in [1.29, 1.82) is 0 Å². The van der Waals surface area contributed by atoms with Gasteiger partial charge in [0.15, 0.2) is 0 Å². The van der Waals surface area contributed by atoms with E-state index in [9.17, 15) is 14.4 Å². The lowest BCUT2D eigenvalue weighted by Crippen LogP contribution is -2.63. The summed E-state index contributed by atoms with van der Waals surface area (Å²) in [4.78, 5) is 40.7. The van der Waals surface area contributed by atoms with Crippen LogP contribution in [0.3, 0.4) is 0 Å². The standard InChI is InChI=1S/C31H45BrNO3PS/c1-18(2)28(24-9-10-25(32)38-24)33-26(36)15-19(3)21-7-8-22-27-23(35)17-37-16-20(34)11-12-31(37,6)30(27,5)14-13-29(21,22)4/h9-10,18-19,21-22,27-28H,7-8,11-17H2,1-6H3,(H,33,36)/t19-,21?,22+,27?,28?,29?,30+,31?,37?/m1/s1. The zero-order valence-corrected chi connectivity index (χ0v) is 27.2. The van der Waals surface area contributed by atoms with E-state index in [-0.39, 0.29) is 39.8 Å². The molecule has 2 aliphatic carbocycles. The molecule has 5 rings (SSSR count). The van der Waals surface area contributed by atoms with Crippen molar-refractivity contribution in [3.63, 3.8) is 0 Å². The van der Waals surface area contributed by atoms with Gasteiger partial charge < -0.3 is 5.32 Å². The molecule has 1 N–H and O–H groups in total. The molecule has 1 aromatic rings. The molecular formula is C31H45BrNO3PS. The molecule has 38 heavy (non-hydrogen) atoms. The van der Waals surface area contributed by atoms with Crippen molar-refractivity contribution in [2.75, 3.05) is 12.3 Å².